The molecule has 28 heavy (non-hydrogen) atoms. The van der Waals surface area contributed by atoms with Gasteiger partial charge in [0.1, 0.15) is 11.5 Å². The molecule has 1 unspecified atom stereocenters. The van der Waals surface area contributed by atoms with E-state index in [4.69, 9.17) is 9.47 Å². The van der Waals surface area contributed by atoms with Gasteiger partial charge in [-0.2, -0.15) is 13.2 Å². The van der Waals surface area contributed by atoms with Gasteiger partial charge < -0.3 is 14.6 Å². The largest absolute Gasteiger partial charge is 0.494 e. The first-order valence-corrected chi connectivity index (χ1v) is 8.79. The molecule has 0 saturated heterocycles. The first-order chi connectivity index (χ1) is 13.3. The molecule has 0 bridgehead atoms. The second-order valence-electron chi connectivity index (χ2n) is 6.50. The maximum atomic E-state index is 14.2. The summed E-state index contributed by atoms with van der Waals surface area (Å²) in [5, 5.41) is 9.57. The Labute approximate surface area is 160 Å². The van der Waals surface area contributed by atoms with E-state index in [2.05, 4.69) is 0 Å². The van der Waals surface area contributed by atoms with Gasteiger partial charge in [0.05, 0.1) is 12.2 Å². The van der Waals surface area contributed by atoms with E-state index in [0.29, 0.717) is 17.9 Å². The Bertz CT molecular complexity index is 890. The molecule has 7 heteroatoms. The number of benzene rings is 2. The van der Waals surface area contributed by atoms with Crippen LogP contribution in [0.2, 0.25) is 0 Å². The van der Waals surface area contributed by atoms with E-state index in [1.807, 2.05) is 6.92 Å². The van der Waals surface area contributed by atoms with Gasteiger partial charge >= 0.3 is 12.1 Å². The normalized spacial score (nSPS) is 18.6. The molecule has 2 aromatic rings. The highest BCUT2D eigenvalue weighted by atomic mass is 19.4. The number of halogens is 3. The third-order valence-electron chi connectivity index (χ3n) is 4.46. The molecule has 0 fully saturated rings. The van der Waals surface area contributed by atoms with E-state index >= 15 is 0 Å². The van der Waals surface area contributed by atoms with Crippen LogP contribution in [0.15, 0.2) is 54.1 Å². The number of fused-ring (bicyclic) bond motifs is 1. The number of carboxylic acids is 1. The lowest BCUT2D eigenvalue weighted by molar-refractivity contribution is -0.235. The van der Waals surface area contributed by atoms with Crippen molar-refractivity contribution in [3.05, 3.63) is 65.2 Å². The molecule has 0 aliphatic carbocycles. The lowest BCUT2D eigenvalue weighted by Gasteiger charge is -2.39. The fourth-order valence-corrected chi connectivity index (χ4v) is 3.12. The summed E-state index contributed by atoms with van der Waals surface area (Å²) >= 11 is 0. The summed E-state index contributed by atoms with van der Waals surface area (Å²) in [4.78, 5) is 11.8. The Morgan fingerprint density at radius 3 is 2.50 bits per heavy atom. The van der Waals surface area contributed by atoms with Crippen molar-refractivity contribution in [2.45, 2.75) is 31.5 Å². The van der Waals surface area contributed by atoms with Crippen molar-refractivity contribution in [1.82, 2.24) is 0 Å². The van der Waals surface area contributed by atoms with Gasteiger partial charge in [-0.05, 0) is 36.3 Å². The molecule has 1 N–H and O–H groups in total. The average Bonchev–Trinajstić information content (AvgIpc) is 2.65. The number of aliphatic carboxylic acids is 1. The summed E-state index contributed by atoms with van der Waals surface area (Å²) in [7, 11) is 0. The van der Waals surface area contributed by atoms with Crippen LogP contribution < -0.4 is 9.47 Å². The minimum atomic E-state index is -4.94. The first kappa shape index (κ1) is 19.8. The first-order valence-electron chi connectivity index (χ1n) is 8.79. The standard InChI is InChI=1S/C21H19F3O4/c1-2-10-27-16-8-9-18-15(11-16)12-17(19(25)26)20(28-18,21(22,23)24)13-14-6-4-3-5-7-14/h3-9,11-12H,2,10,13H2,1H3,(H,25,26). The molecule has 1 aliphatic heterocycles. The summed E-state index contributed by atoms with van der Waals surface area (Å²) in [5.41, 5.74) is -3.29. The van der Waals surface area contributed by atoms with Gasteiger partial charge in [-0.3, -0.25) is 0 Å². The van der Waals surface area contributed by atoms with Crippen LogP contribution in [-0.2, 0) is 11.2 Å². The Hall–Kier alpha value is -2.96. The number of rotatable bonds is 6. The van der Waals surface area contributed by atoms with Crippen LogP contribution in [0.25, 0.3) is 6.08 Å². The molecule has 1 heterocycles. The number of alkyl halides is 3. The molecule has 1 atom stereocenters. The van der Waals surface area contributed by atoms with Gasteiger partial charge in [-0.1, -0.05) is 37.3 Å². The zero-order valence-electron chi connectivity index (χ0n) is 15.1. The summed E-state index contributed by atoms with van der Waals surface area (Å²) in [6, 6.07) is 12.2. The van der Waals surface area contributed by atoms with E-state index in [0.717, 1.165) is 12.5 Å². The van der Waals surface area contributed by atoms with Gasteiger partial charge in [0.25, 0.3) is 0 Å². The van der Waals surface area contributed by atoms with E-state index in [1.165, 1.54) is 30.3 Å². The SMILES string of the molecule is CCCOc1ccc2c(c1)C=C(C(=O)O)C(Cc1ccccc1)(C(F)(F)F)O2. The van der Waals surface area contributed by atoms with Crippen molar-refractivity contribution in [3.63, 3.8) is 0 Å². The van der Waals surface area contributed by atoms with Gasteiger partial charge in [-0.15, -0.1) is 0 Å². The number of hydrogen-bond donors (Lipinski definition) is 1. The van der Waals surface area contributed by atoms with Gasteiger partial charge in [0.15, 0.2) is 0 Å². The molecule has 0 spiro atoms. The van der Waals surface area contributed by atoms with Crippen LogP contribution in [0.3, 0.4) is 0 Å². The highest BCUT2D eigenvalue weighted by molar-refractivity contribution is 5.96. The molecule has 1 aliphatic rings. The third kappa shape index (κ3) is 3.69. The molecule has 4 nitrogen and oxygen atoms in total. The zero-order chi connectivity index (χ0) is 20.4. The van der Waals surface area contributed by atoms with Crippen molar-refractivity contribution < 1.29 is 32.5 Å². The summed E-state index contributed by atoms with van der Waals surface area (Å²) in [6.07, 6.45) is -3.81. The molecular weight excluding hydrogens is 373 g/mol. The topological polar surface area (TPSA) is 55.8 Å². The van der Waals surface area contributed by atoms with Crippen LogP contribution in [0, 0.1) is 0 Å². The molecule has 0 saturated carbocycles. The van der Waals surface area contributed by atoms with Crippen molar-refractivity contribution in [2.75, 3.05) is 6.61 Å². The number of ether oxygens (including phenoxy) is 2. The molecule has 3 rings (SSSR count). The van der Waals surface area contributed by atoms with Crippen LogP contribution in [-0.4, -0.2) is 29.5 Å². The summed E-state index contributed by atoms with van der Waals surface area (Å²) in [6.45, 7) is 2.36. The summed E-state index contributed by atoms with van der Waals surface area (Å²) < 4.78 is 53.4. The Balaban J connectivity index is 2.11. The van der Waals surface area contributed by atoms with Gasteiger partial charge in [0, 0.05) is 12.0 Å². The highest BCUT2D eigenvalue weighted by Crippen LogP contribution is 2.47. The zero-order valence-corrected chi connectivity index (χ0v) is 15.1. The molecule has 0 amide bonds. The van der Waals surface area contributed by atoms with E-state index in [1.54, 1.807) is 18.2 Å². The second kappa shape index (κ2) is 7.58. The van der Waals surface area contributed by atoms with Crippen molar-refractivity contribution >= 4 is 12.0 Å². The quantitative estimate of drug-likeness (QED) is 0.761. The predicted molar refractivity (Wildman–Crippen MR) is 97.4 cm³/mol. The third-order valence-corrected chi connectivity index (χ3v) is 4.46. The lowest BCUT2D eigenvalue weighted by Crippen LogP contribution is -2.56. The smallest absolute Gasteiger partial charge is 0.433 e. The van der Waals surface area contributed by atoms with Crippen LogP contribution >= 0.6 is 0 Å². The van der Waals surface area contributed by atoms with Crippen LogP contribution in [0.4, 0.5) is 13.2 Å². The summed E-state index contributed by atoms with van der Waals surface area (Å²) in [5.74, 6) is -1.28. The molecule has 0 aromatic heterocycles. The molecule has 2 aromatic carbocycles. The number of carbonyl (C=O) groups is 1. The molecular formula is C21H19F3O4. The fourth-order valence-electron chi connectivity index (χ4n) is 3.12. The van der Waals surface area contributed by atoms with E-state index in [9.17, 15) is 23.1 Å². The Kier molecular flexibility index (Phi) is 5.36. The van der Waals surface area contributed by atoms with Crippen LogP contribution in [0.1, 0.15) is 24.5 Å². The van der Waals surface area contributed by atoms with E-state index < -0.39 is 29.7 Å². The maximum absolute atomic E-state index is 14.2. The molecule has 148 valence electrons. The highest BCUT2D eigenvalue weighted by Gasteiger charge is 2.63. The number of carboxylic acid groups (broad SMARTS) is 1. The molecule has 0 radical (unpaired) electrons. The second-order valence-corrected chi connectivity index (χ2v) is 6.50. The number of hydrogen-bond acceptors (Lipinski definition) is 3. The fraction of sp³-hybridized carbons (Fsp3) is 0.286. The lowest BCUT2D eigenvalue weighted by atomic mass is 9.82. The Morgan fingerprint density at radius 1 is 1.18 bits per heavy atom. The Morgan fingerprint density at radius 2 is 1.89 bits per heavy atom. The van der Waals surface area contributed by atoms with Gasteiger partial charge in [-0.25, -0.2) is 4.79 Å². The maximum Gasteiger partial charge on any atom is 0.433 e. The average molecular weight is 392 g/mol. The van der Waals surface area contributed by atoms with Crippen molar-refractivity contribution in [3.8, 4) is 11.5 Å². The minimum Gasteiger partial charge on any atom is -0.494 e. The van der Waals surface area contributed by atoms with E-state index in [-0.39, 0.29) is 11.3 Å². The monoisotopic (exact) mass is 392 g/mol. The van der Waals surface area contributed by atoms with Crippen LogP contribution in [0.5, 0.6) is 11.5 Å². The van der Waals surface area contributed by atoms with Crippen molar-refractivity contribution in [2.24, 2.45) is 0 Å². The predicted octanol–water partition coefficient (Wildman–Crippen LogP) is 4.88. The van der Waals surface area contributed by atoms with Crippen molar-refractivity contribution in [1.29, 1.82) is 0 Å². The van der Waals surface area contributed by atoms with Gasteiger partial charge in [0.2, 0.25) is 5.60 Å². The minimum absolute atomic E-state index is 0.0397.